The van der Waals surface area contributed by atoms with Crippen LogP contribution in [0.4, 0.5) is 19.1 Å². The lowest BCUT2D eigenvalue weighted by atomic mass is 9.96. The summed E-state index contributed by atoms with van der Waals surface area (Å²) < 4.78 is 44.6. The molecule has 11 heteroatoms. The molecule has 0 radical (unpaired) electrons. The van der Waals surface area contributed by atoms with Crippen LogP contribution in [0.5, 0.6) is 0 Å². The molecule has 0 N–H and O–H groups in total. The van der Waals surface area contributed by atoms with Crippen LogP contribution in [-0.4, -0.2) is 55.8 Å². The van der Waals surface area contributed by atoms with Crippen LogP contribution in [0.15, 0.2) is 47.4 Å². The van der Waals surface area contributed by atoms with Gasteiger partial charge in [-0.1, -0.05) is 30.3 Å². The second kappa shape index (κ2) is 9.88. The first-order valence-corrected chi connectivity index (χ1v) is 12.1. The summed E-state index contributed by atoms with van der Waals surface area (Å²) in [5, 5.41) is 4.69. The smallest absolute Gasteiger partial charge is 0.350 e. The fraction of sp³-hybridized carbons (Fsp3) is 0.440. The van der Waals surface area contributed by atoms with Gasteiger partial charge in [-0.3, -0.25) is 4.90 Å². The summed E-state index contributed by atoms with van der Waals surface area (Å²) in [6.45, 7) is 6.81. The molecule has 0 aliphatic carbocycles. The highest BCUT2D eigenvalue weighted by molar-refractivity contribution is 5.83. The van der Waals surface area contributed by atoms with Gasteiger partial charge in [-0.05, 0) is 36.9 Å². The first kappa shape index (κ1) is 24.2. The molecule has 3 aromatic heterocycles. The van der Waals surface area contributed by atoms with Crippen LogP contribution in [0.3, 0.4) is 0 Å². The van der Waals surface area contributed by atoms with Crippen LogP contribution in [0, 0.1) is 5.92 Å². The number of piperidine rings is 1. The predicted molar refractivity (Wildman–Crippen MR) is 129 cm³/mol. The van der Waals surface area contributed by atoms with Gasteiger partial charge in [0, 0.05) is 62.7 Å². The SMILES string of the molecule is CCN(Cc1cn(C)c2ccccc12)CC1CCN(c2ncc(-c3noc(C(F)(F)F)n3)cn2)CC1. The van der Waals surface area contributed by atoms with Gasteiger partial charge in [0.05, 0.1) is 5.56 Å². The summed E-state index contributed by atoms with van der Waals surface area (Å²) in [7, 11) is 2.09. The Bertz CT molecular complexity index is 1310. The van der Waals surface area contributed by atoms with E-state index in [1.54, 1.807) is 0 Å². The number of alkyl halides is 3. The van der Waals surface area contributed by atoms with Gasteiger partial charge in [0.1, 0.15) is 0 Å². The lowest BCUT2D eigenvalue weighted by Gasteiger charge is -2.34. The lowest BCUT2D eigenvalue weighted by Crippen LogP contribution is -2.39. The monoisotopic (exact) mass is 499 g/mol. The van der Waals surface area contributed by atoms with E-state index < -0.39 is 12.1 Å². The number of hydrogen-bond donors (Lipinski definition) is 0. The van der Waals surface area contributed by atoms with Crippen molar-refractivity contribution in [3.8, 4) is 11.4 Å². The van der Waals surface area contributed by atoms with Gasteiger partial charge in [-0.25, -0.2) is 9.97 Å². The second-order valence-electron chi connectivity index (χ2n) is 9.23. The van der Waals surface area contributed by atoms with E-state index in [0.717, 1.165) is 45.6 Å². The van der Waals surface area contributed by atoms with E-state index in [-0.39, 0.29) is 11.4 Å². The average Bonchev–Trinajstić information content (AvgIpc) is 3.50. The van der Waals surface area contributed by atoms with E-state index in [1.807, 2.05) is 0 Å². The number of hydrogen-bond acceptors (Lipinski definition) is 7. The maximum atomic E-state index is 12.7. The van der Waals surface area contributed by atoms with E-state index in [0.29, 0.717) is 11.9 Å². The van der Waals surface area contributed by atoms with E-state index in [9.17, 15) is 13.2 Å². The molecule has 190 valence electrons. The summed E-state index contributed by atoms with van der Waals surface area (Å²) in [6, 6.07) is 8.51. The molecule has 1 saturated heterocycles. The number of rotatable bonds is 7. The minimum atomic E-state index is -4.68. The fourth-order valence-corrected chi connectivity index (χ4v) is 4.83. The van der Waals surface area contributed by atoms with Crippen LogP contribution in [0.25, 0.3) is 22.3 Å². The molecule has 0 amide bonds. The Morgan fingerprint density at radius 2 is 1.83 bits per heavy atom. The topological polar surface area (TPSA) is 76.1 Å². The maximum absolute atomic E-state index is 12.7. The molecule has 5 rings (SSSR count). The highest BCUT2D eigenvalue weighted by atomic mass is 19.4. The first-order valence-electron chi connectivity index (χ1n) is 12.1. The Morgan fingerprint density at radius 3 is 2.50 bits per heavy atom. The molecule has 1 aliphatic rings. The third-order valence-electron chi connectivity index (χ3n) is 6.80. The summed E-state index contributed by atoms with van der Waals surface area (Å²) in [5.74, 6) is -0.431. The second-order valence-corrected chi connectivity index (χ2v) is 9.23. The number of halogens is 3. The molecule has 0 saturated carbocycles. The normalized spacial score (nSPS) is 15.3. The van der Waals surface area contributed by atoms with Gasteiger partial charge >= 0.3 is 12.1 Å². The maximum Gasteiger partial charge on any atom is 0.471 e. The summed E-state index contributed by atoms with van der Waals surface area (Å²) >= 11 is 0. The lowest BCUT2D eigenvalue weighted by molar-refractivity contribution is -0.159. The van der Waals surface area contributed by atoms with Crippen molar-refractivity contribution in [2.24, 2.45) is 13.0 Å². The number of fused-ring (bicyclic) bond motifs is 1. The molecule has 0 bridgehead atoms. The first-order chi connectivity index (χ1) is 17.3. The van der Waals surface area contributed by atoms with Crippen LogP contribution < -0.4 is 4.90 Å². The molecule has 0 atom stereocenters. The predicted octanol–water partition coefficient (Wildman–Crippen LogP) is 4.78. The van der Waals surface area contributed by atoms with Crippen molar-refractivity contribution in [3.05, 3.63) is 54.3 Å². The highest BCUT2D eigenvalue weighted by Gasteiger charge is 2.38. The van der Waals surface area contributed by atoms with E-state index in [2.05, 4.69) is 83.4 Å². The third-order valence-corrected chi connectivity index (χ3v) is 6.80. The third kappa shape index (κ3) is 5.06. The van der Waals surface area contributed by atoms with Crippen molar-refractivity contribution < 1.29 is 17.7 Å². The average molecular weight is 500 g/mol. The Morgan fingerprint density at radius 1 is 1.11 bits per heavy atom. The van der Waals surface area contributed by atoms with Crippen LogP contribution in [0.2, 0.25) is 0 Å². The Kier molecular flexibility index (Phi) is 6.65. The highest BCUT2D eigenvalue weighted by Crippen LogP contribution is 2.30. The van der Waals surface area contributed by atoms with E-state index in [1.165, 1.54) is 28.9 Å². The van der Waals surface area contributed by atoms with Gasteiger partial charge in [0.25, 0.3) is 0 Å². The largest absolute Gasteiger partial charge is 0.471 e. The molecule has 8 nitrogen and oxygen atoms in total. The number of para-hydroxylation sites is 1. The quantitative estimate of drug-likeness (QED) is 0.362. The van der Waals surface area contributed by atoms with Crippen molar-refractivity contribution in [2.75, 3.05) is 31.1 Å². The summed E-state index contributed by atoms with van der Waals surface area (Å²) in [6.07, 6.45) is 2.47. The molecule has 0 spiro atoms. The van der Waals surface area contributed by atoms with Crippen LogP contribution >= 0.6 is 0 Å². The van der Waals surface area contributed by atoms with Gasteiger partial charge in [-0.2, -0.15) is 18.2 Å². The Balaban J connectivity index is 1.17. The Hall–Kier alpha value is -3.47. The minimum absolute atomic E-state index is 0.182. The summed E-state index contributed by atoms with van der Waals surface area (Å²) in [4.78, 5) is 16.7. The summed E-state index contributed by atoms with van der Waals surface area (Å²) in [5.41, 5.74) is 2.88. The Labute approximate surface area is 206 Å². The van der Waals surface area contributed by atoms with Crippen molar-refractivity contribution in [1.82, 2.24) is 29.6 Å². The number of nitrogens with zero attached hydrogens (tertiary/aromatic N) is 7. The molecular formula is C25H28F3N7O. The molecule has 1 aromatic carbocycles. The van der Waals surface area contributed by atoms with Gasteiger partial charge < -0.3 is 14.0 Å². The van der Waals surface area contributed by atoms with E-state index in [4.69, 9.17) is 0 Å². The molecule has 4 heterocycles. The van der Waals surface area contributed by atoms with E-state index >= 15 is 0 Å². The van der Waals surface area contributed by atoms with Crippen molar-refractivity contribution in [2.45, 2.75) is 32.5 Å². The van der Waals surface area contributed by atoms with Crippen LogP contribution in [-0.2, 0) is 19.8 Å². The van der Waals surface area contributed by atoms with Gasteiger partial charge in [0.15, 0.2) is 0 Å². The number of aryl methyl sites for hydroxylation is 1. The standard InChI is InChI=1S/C25H28F3N7O/c1-3-34(16-19-15-33(2)21-7-5-4-6-20(19)21)14-17-8-10-35(11-9-17)24-29-12-18(13-30-24)22-31-23(36-32-22)25(26,27)28/h4-7,12-13,15,17H,3,8-11,14,16H2,1-2H3. The van der Waals surface area contributed by atoms with Crippen molar-refractivity contribution >= 4 is 16.9 Å². The minimum Gasteiger partial charge on any atom is -0.350 e. The van der Waals surface area contributed by atoms with Gasteiger partial charge in [-0.15, -0.1) is 0 Å². The zero-order valence-electron chi connectivity index (χ0n) is 20.2. The number of benzene rings is 1. The molecule has 0 unspecified atom stereocenters. The molecular weight excluding hydrogens is 471 g/mol. The molecule has 36 heavy (non-hydrogen) atoms. The fourth-order valence-electron chi connectivity index (χ4n) is 4.83. The molecule has 1 aliphatic heterocycles. The molecule has 1 fully saturated rings. The number of aromatic nitrogens is 5. The number of anilines is 1. The van der Waals surface area contributed by atoms with Crippen LogP contribution in [0.1, 0.15) is 31.2 Å². The van der Waals surface area contributed by atoms with Gasteiger partial charge in [0.2, 0.25) is 11.8 Å². The van der Waals surface area contributed by atoms with Crippen molar-refractivity contribution in [3.63, 3.8) is 0 Å². The zero-order valence-corrected chi connectivity index (χ0v) is 20.2. The van der Waals surface area contributed by atoms with Crippen molar-refractivity contribution in [1.29, 1.82) is 0 Å². The zero-order chi connectivity index (χ0) is 25.3. The molecule has 4 aromatic rings.